The standard InChI is InChI=1S/C25H45NO8/c1-6-7-8-9-10-11-12-13-14-15-22(29)33-19(3)24(34-20(4)27)18(2)25(31)26-17-21(28)16-23(30)32-5/h18-19,21,24,28H,6-17H2,1-5H3,(H,26,31)/t18-,19-,21-,24-/m1/s1. The minimum absolute atomic E-state index is 0.169. The van der Waals surface area contributed by atoms with Gasteiger partial charge in [0.1, 0.15) is 12.2 Å². The average molecular weight is 488 g/mol. The molecule has 1 amide bonds. The van der Waals surface area contributed by atoms with Crippen LogP contribution in [-0.2, 0) is 33.4 Å². The first kappa shape index (κ1) is 31.8. The molecule has 9 nitrogen and oxygen atoms in total. The fourth-order valence-corrected chi connectivity index (χ4v) is 3.59. The molecule has 0 unspecified atom stereocenters. The van der Waals surface area contributed by atoms with E-state index in [9.17, 15) is 24.3 Å². The maximum atomic E-state index is 12.5. The summed E-state index contributed by atoms with van der Waals surface area (Å²) in [6.45, 7) is 6.37. The maximum Gasteiger partial charge on any atom is 0.308 e. The topological polar surface area (TPSA) is 128 Å². The number of ether oxygens (including phenoxy) is 3. The molecule has 0 aliphatic heterocycles. The lowest BCUT2D eigenvalue weighted by atomic mass is 9.99. The van der Waals surface area contributed by atoms with Gasteiger partial charge in [-0.15, -0.1) is 0 Å². The molecule has 0 aliphatic carbocycles. The number of methoxy groups -OCH3 is 1. The van der Waals surface area contributed by atoms with Crippen molar-refractivity contribution in [2.75, 3.05) is 13.7 Å². The lowest BCUT2D eigenvalue weighted by molar-refractivity contribution is -0.171. The molecule has 0 aromatic carbocycles. The number of carbonyl (C=O) groups excluding carboxylic acids is 4. The third kappa shape index (κ3) is 15.6. The summed E-state index contributed by atoms with van der Waals surface area (Å²) in [5.41, 5.74) is 0. The molecule has 198 valence electrons. The fraction of sp³-hybridized carbons (Fsp3) is 0.840. The lowest BCUT2D eigenvalue weighted by Crippen LogP contribution is -2.46. The van der Waals surface area contributed by atoms with E-state index in [0.29, 0.717) is 0 Å². The minimum atomic E-state index is -1.11. The number of nitrogens with one attached hydrogen (secondary N) is 1. The van der Waals surface area contributed by atoms with Crippen molar-refractivity contribution in [2.45, 2.75) is 117 Å². The monoisotopic (exact) mass is 487 g/mol. The third-order valence-corrected chi connectivity index (χ3v) is 5.61. The Kier molecular flexibility index (Phi) is 18.0. The van der Waals surface area contributed by atoms with Gasteiger partial charge in [-0.25, -0.2) is 0 Å². The van der Waals surface area contributed by atoms with Gasteiger partial charge in [-0.05, 0) is 20.3 Å². The Hall–Kier alpha value is -2.16. The maximum absolute atomic E-state index is 12.5. The van der Waals surface area contributed by atoms with Crippen LogP contribution in [-0.4, -0.2) is 60.9 Å². The SMILES string of the molecule is CCCCCCCCCCCC(=O)O[C@H](C)[C@H](OC(C)=O)[C@@H](C)C(=O)NC[C@H](O)CC(=O)OC. The largest absolute Gasteiger partial charge is 0.469 e. The number of aliphatic hydroxyl groups is 1. The molecule has 0 aromatic heterocycles. The second-order valence-corrected chi connectivity index (χ2v) is 8.82. The van der Waals surface area contributed by atoms with Gasteiger partial charge in [0.25, 0.3) is 0 Å². The normalized spacial score (nSPS) is 14.4. The molecular weight excluding hydrogens is 442 g/mol. The lowest BCUT2D eigenvalue weighted by Gasteiger charge is -2.28. The highest BCUT2D eigenvalue weighted by atomic mass is 16.6. The van der Waals surface area contributed by atoms with Crippen LogP contribution in [0.1, 0.15) is 98.3 Å². The van der Waals surface area contributed by atoms with Crippen LogP contribution in [0, 0.1) is 5.92 Å². The van der Waals surface area contributed by atoms with Crippen LogP contribution in [0.5, 0.6) is 0 Å². The molecular formula is C25H45NO8. The van der Waals surface area contributed by atoms with Crippen LogP contribution in [0.25, 0.3) is 0 Å². The van der Waals surface area contributed by atoms with Crippen LogP contribution >= 0.6 is 0 Å². The zero-order valence-corrected chi connectivity index (χ0v) is 21.6. The van der Waals surface area contributed by atoms with Crippen LogP contribution in [0.15, 0.2) is 0 Å². The Bertz CT molecular complexity index is 610. The predicted molar refractivity (Wildman–Crippen MR) is 128 cm³/mol. The molecule has 0 radical (unpaired) electrons. The molecule has 0 bridgehead atoms. The number of aliphatic hydroxyl groups excluding tert-OH is 1. The third-order valence-electron chi connectivity index (χ3n) is 5.61. The van der Waals surface area contributed by atoms with Crippen LogP contribution < -0.4 is 5.32 Å². The molecule has 9 heteroatoms. The average Bonchev–Trinajstić information content (AvgIpc) is 2.79. The highest BCUT2D eigenvalue weighted by Crippen LogP contribution is 2.17. The van der Waals surface area contributed by atoms with Crippen molar-refractivity contribution < 1.29 is 38.5 Å². The number of hydrogen-bond acceptors (Lipinski definition) is 8. The van der Waals surface area contributed by atoms with E-state index in [2.05, 4.69) is 17.0 Å². The van der Waals surface area contributed by atoms with E-state index >= 15 is 0 Å². The Balaban J connectivity index is 4.48. The van der Waals surface area contributed by atoms with Gasteiger partial charge >= 0.3 is 17.9 Å². The fourth-order valence-electron chi connectivity index (χ4n) is 3.59. The van der Waals surface area contributed by atoms with E-state index in [4.69, 9.17) is 9.47 Å². The summed E-state index contributed by atoms with van der Waals surface area (Å²) in [6.07, 6.45) is 7.34. The number of amides is 1. The molecule has 0 heterocycles. The quantitative estimate of drug-likeness (QED) is 0.161. The van der Waals surface area contributed by atoms with E-state index < -0.39 is 48.0 Å². The predicted octanol–water partition coefficient (Wildman–Crippen LogP) is 3.45. The number of unbranched alkanes of at least 4 members (excludes halogenated alkanes) is 8. The Morgan fingerprint density at radius 1 is 0.853 bits per heavy atom. The van der Waals surface area contributed by atoms with Crippen molar-refractivity contribution in [1.29, 1.82) is 0 Å². The molecule has 0 aliphatic rings. The summed E-state index contributed by atoms with van der Waals surface area (Å²) >= 11 is 0. The highest BCUT2D eigenvalue weighted by molar-refractivity contribution is 5.80. The second kappa shape index (κ2) is 19.2. The van der Waals surface area contributed by atoms with Gasteiger partial charge in [-0.2, -0.15) is 0 Å². The molecule has 0 spiro atoms. The smallest absolute Gasteiger partial charge is 0.308 e. The minimum Gasteiger partial charge on any atom is -0.469 e. The van der Waals surface area contributed by atoms with Gasteiger partial charge in [0.05, 0.1) is 25.6 Å². The van der Waals surface area contributed by atoms with E-state index in [1.165, 1.54) is 52.6 Å². The van der Waals surface area contributed by atoms with E-state index in [-0.39, 0.29) is 19.4 Å². The molecule has 0 rings (SSSR count). The van der Waals surface area contributed by atoms with Gasteiger partial charge in [0.2, 0.25) is 5.91 Å². The summed E-state index contributed by atoms with van der Waals surface area (Å²) < 4.78 is 15.2. The van der Waals surface area contributed by atoms with Gasteiger partial charge in [0, 0.05) is 19.9 Å². The summed E-state index contributed by atoms with van der Waals surface area (Å²) in [6, 6.07) is 0. The van der Waals surface area contributed by atoms with Crippen molar-refractivity contribution in [3.8, 4) is 0 Å². The van der Waals surface area contributed by atoms with Crippen molar-refractivity contribution in [3.05, 3.63) is 0 Å². The van der Waals surface area contributed by atoms with Crippen LogP contribution in [0.2, 0.25) is 0 Å². The zero-order chi connectivity index (χ0) is 25.9. The van der Waals surface area contributed by atoms with Gasteiger partial charge in [-0.3, -0.25) is 19.2 Å². The van der Waals surface area contributed by atoms with Gasteiger partial charge in [0.15, 0.2) is 0 Å². The first-order valence-electron chi connectivity index (χ1n) is 12.5. The number of rotatable bonds is 19. The molecule has 0 fully saturated rings. The molecule has 0 saturated carbocycles. The molecule has 0 aromatic rings. The van der Waals surface area contributed by atoms with Crippen molar-refractivity contribution in [3.63, 3.8) is 0 Å². The van der Waals surface area contributed by atoms with E-state index in [0.717, 1.165) is 19.3 Å². The second-order valence-electron chi connectivity index (χ2n) is 8.82. The highest BCUT2D eigenvalue weighted by Gasteiger charge is 2.34. The van der Waals surface area contributed by atoms with Gasteiger partial charge in [-0.1, -0.05) is 58.3 Å². The Labute approximate surface area is 204 Å². The number of carbonyl (C=O) groups is 4. The van der Waals surface area contributed by atoms with Crippen molar-refractivity contribution in [2.24, 2.45) is 5.92 Å². The van der Waals surface area contributed by atoms with Crippen molar-refractivity contribution in [1.82, 2.24) is 5.32 Å². The molecule has 2 N–H and O–H groups in total. The van der Waals surface area contributed by atoms with E-state index in [1.807, 2.05) is 0 Å². The summed E-state index contributed by atoms with van der Waals surface area (Å²) in [4.78, 5) is 47.5. The summed E-state index contributed by atoms with van der Waals surface area (Å²) in [5.74, 6) is -2.94. The summed E-state index contributed by atoms with van der Waals surface area (Å²) in [7, 11) is 1.21. The van der Waals surface area contributed by atoms with Crippen LogP contribution in [0.4, 0.5) is 0 Å². The van der Waals surface area contributed by atoms with Gasteiger partial charge < -0.3 is 24.6 Å². The van der Waals surface area contributed by atoms with Crippen molar-refractivity contribution >= 4 is 23.8 Å². The molecule has 4 atom stereocenters. The first-order chi connectivity index (χ1) is 16.1. The van der Waals surface area contributed by atoms with E-state index in [1.54, 1.807) is 13.8 Å². The molecule has 0 saturated heterocycles. The van der Waals surface area contributed by atoms with Crippen LogP contribution in [0.3, 0.4) is 0 Å². The Morgan fingerprint density at radius 3 is 1.94 bits per heavy atom. The summed E-state index contributed by atoms with van der Waals surface area (Å²) in [5, 5.41) is 12.3. The number of hydrogen-bond donors (Lipinski definition) is 2. The Morgan fingerprint density at radius 2 is 1.41 bits per heavy atom. The first-order valence-corrected chi connectivity index (χ1v) is 12.5. The zero-order valence-electron chi connectivity index (χ0n) is 21.6. The molecule has 34 heavy (non-hydrogen) atoms. The number of esters is 3.